The van der Waals surface area contributed by atoms with Gasteiger partial charge in [-0.2, -0.15) is 13.2 Å². The van der Waals surface area contributed by atoms with Crippen molar-refractivity contribution in [2.24, 2.45) is 0 Å². The van der Waals surface area contributed by atoms with Gasteiger partial charge in [-0.3, -0.25) is 0 Å². The van der Waals surface area contributed by atoms with Gasteiger partial charge in [0.1, 0.15) is 10.5 Å². The van der Waals surface area contributed by atoms with Crippen molar-refractivity contribution in [2.45, 2.75) is 38.0 Å². The Labute approximate surface area is 75.6 Å². The molecule has 0 saturated carbocycles. The molecule has 1 atom stereocenters. The zero-order valence-electron chi connectivity index (χ0n) is 7.61. The van der Waals surface area contributed by atoms with Crippen molar-refractivity contribution in [1.82, 2.24) is 0 Å². The largest absolute Gasteiger partial charge is 0.465 e. The molecular formula is C6H15F3OSi2. The maximum atomic E-state index is 11.8. The number of rotatable bonds is 4. The van der Waals surface area contributed by atoms with Crippen LogP contribution in [0.1, 0.15) is 20.3 Å². The highest BCUT2D eigenvalue weighted by molar-refractivity contribution is 6.57. The van der Waals surface area contributed by atoms with Crippen molar-refractivity contribution in [3.05, 3.63) is 0 Å². The first-order valence-electron chi connectivity index (χ1n) is 3.96. The second-order valence-electron chi connectivity index (χ2n) is 3.17. The lowest BCUT2D eigenvalue weighted by molar-refractivity contribution is -0.130. The summed E-state index contributed by atoms with van der Waals surface area (Å²) in [5, 5.41) is 0. The normalized spacial score (nSPS) is 15.5. The minimum absolute atomic E-state index is 0.227. The third-order valence-electron chi connectivity index (χ3n) is 1.76. The molecule has 1 unspecified atom stereocenters. The summed E-state index contributed by atoms with van der Waals surface area (Å²) in [5.74, 6) is 0. The van der Waals surface area contributed by atoms with Crippen molar-refractivity contribution < 1.29 is 17.3 Å². The van der Waals surface area contributed by atoms with Crippen LogP contribution in [0.5, 0.6) is 0 Å². The lowest BCUT2D eigenvalue weighted by Crippen LogP contribution is -2.23. The Morgan fingerprint density at radius 1 is 1.42 bits per heavy atom. The fourth-order valence-corrected chi connectivity index (χ4v) is 5.43. The van der Waals surface area contributed by atoms with E-state index < -0.39 is 21.6 Å². The first-order valence-corrected chi connectivity index (χ1v) is 6.73. The van der Waals surface area contributed by atoms with E-state index in [9.17, 15) is 13.2 Å². The van der Waals surface area contributed by atoms with Crippen LogP contribution in [0.2, 0.25) is 11.6 Å². The van der Waals surface area contributed by atoms with Crippen molar-refractivity contribution in [3.8, 4) is 0 Å². The van der Waals surface area contributed by atoms with Crippen LogP contribution >= 0.6 is 0 Å². The van der Waals surface area contributed by atoms with Crippen LogP contribution < -0.4 is 0 Å². The summed E-state index contributed by atoms with van der Waals surface area (Å²) < 4.78 is 40.6. The van der Waals surface area contributed by atoms with Crippen LogP contribution in [-0.2, 0) is 4.12 Å². The van der Waals surface area contributed by atoms with E-state index in [0.717, 1.165) is 0 Å². The quantitative estimate of drug-likeness (QED) is 0.645. The second-order valence-corrected chi connectivity index (χ2v) is 8.05. The van der Waals surface area contributed by atoms with Gasteiger partial charge in [-0.15, -0.1) is 0 Å². The van der Waals surface area contributed by atoms with Gasteiger partial charge in [0.2, 0.25) is 0 Å². The van der Waals surface area contributed by atoms with E-state index in [1.807, 2.05) is 13.8 Å². The highest BCUT2D eigenvalue weighted by Crippen LogP contribution is 2.25. The van der Waals surface area contributed by atoms with E-state index in [0.29, 0.717) is 16.0 Å². The first-order chi connectivity index (χ1) is 5.37. The fourth-order valence-electron chi connectivity index (χ4n) is 1.03. The predicted octanol–water partition coefficient (Wildman–Crippen LogP) is 1.37. The Balaban J connectivity index is 3.73. The van der Waals surface area contributed by atoms with E-state index in [1.54, 1.807) is 0 Å². The van der Waals surface area contributed by atoms with E-state index in [-0.39, 0.29) is 6.04 Å². The Morgan fingerprint density at radius 3 is 2.17 bits per heavy atom. The molecule has 0 aliphatic rings. The molecule has 74 valence electrons. The average Bonchev–Trinajstić information content (AvgIpc) is 1.85. The SMILES string of the molecule is CC(C)[SiH](CCC(F)(F)F)O[SiH3]. The molecule has 0 heterocycles. The second kappa shape index (κ2) is 5.03. The van der Waals surface area contributed by atoms with Gasteiger partial charge in [0.25, 0.3) is 0 Å². The summed E-state index contributed by atoms with van der Waals surface area (Å²) in [6.07, 6.45) is -4.69. The van der Waals surface area contributed by atoms with E-state index in [2.05, 4.69) is 0 Å². The standard InChI is InChI=1S/C6H15F3OSi2/c1-5(2)12(10-11)4-3-6(7,8)9/h5,12H,3-4H2,1-2,11H3. The van der Waals surface area contributed by atoms with Crippen molar-refractivity contribution in [1.29, 1.82) is 0 Å². The summed E-state index contributed by atoms with van der Waals surface area (Å²) in [5.41, 5.74) is 0.310. The molecule has 1 nitrogen and oxygen atoms in total. The number of hydrogen-bond donors (Lipinski definition) is 0. The fraction of sp³-hybridized carbons (Fsp3) is 1.00. The molecule has 0 radical (unpaired) electrons. The summed E-state index contributed by atoms with van der Waals surface area (Å²) >= 11 is 0. The van der Waals surface area contributed by atoms with Gasteiger partial charge in [-0.05, 0) is 11.6 Å². The van der Waals surface area contributed by atoms with Gasteiger partial charge in [0.15, 0.2) is 9.04 Å². The Morgan fingerprint density at radius 2 is 1.92 bits per heavy atom. The highest BCUT2D eigenvalue weighted by Gasteiger charge is 2.29. The summed E-state index contributed by atoms with van der Waals surface area (Å²) in [6, 6.07) is 0.227. The van der Waals surface area contributed by atoms with Gasteiger partial charge < -0.3 is 4.12 Å². The van der Waals surface area contributed by atoms with Crippen molar-refractivity contribution in [3.63, 3.8) is 0 Å². The maximum absolute atomic E-state index is 11.8. The molecule has 0 aromatic carbocycles. The maximum Gasteiger partial charge on any atom is 0.388 e. The van der Waals surface area contributed by atoms with Crippen LogP contribution in [0.15, 0.2) is 0 Å². The van der Waals surface area contributed by atoms with Crippen molar-refractivity contribution >= 4 is 19.5 Å². The minimum atomic E-state index is -4.01. The van der Waals surface area contributed by atoms with Crippen LogP contribution in [-0.4, -0.2) is 25.7 Å². The zero-order chi connectivity index (χ0) is 9.78. The van der Waals surface area contributed by atoms with Gasteiger partial charge in [-0.25, -0.2) is 0 Å². The minimum Gasteiger partial charge on any atom is -0.465 e. The molecule has 0 aliphatic heterocycles. The Kier molecular flexibility index (Phi) is 5.11. The highest BCUT2D eigenvalue weighted by atomic mass is 28.3. The van der Waals surface area contributed by atoms with Crippen LogP contribution in [0, 0.1) is 0 Å². The topological polar surface area (TPSA) is 9.23 Å². The molecule has 0 spiro atoms. The molecule has 0 aliphatic carbocycles. The lowest BCUT2D eigenvalue weighted by atomic mass is 10.5. The van der Waals surface area contributed by atoms with E-state index >= 15 is 0 Å². The summed E-state index contributed by atoms with van der Waals surface area (Å²) in [7, 11) is -0.979. The Hall–Kier alpha value is 0.184. The van der Waals surface area contributed by atoms with E-state index in [4.69, 9.17) is 4.12 Å². The van der Waals surface area contributed by atoms with Crippen LogP contribution in [0.4, 0.5) is 13.2 Å². The first kappa shape index (κ1) is 12.2. The monoisotopic (exact) mass is 216 g/mol. The third-order valence-corrected chi connectivity index (χ3v) is 6.53. The molecule has 0 saturated heterocycles. The number of halogens is 3. The zero-order valence-corrected chi connectivity index (χ0v) is 10.8. The predicted molar refractivity (Wildman–Crippen MR) is 48.8 cm³/mol. The molecule has 0 amide bonds. The molecule has 0 aromatic heterocycles. The van der Waals surface area contributed by atoms with Crippen LogP contribution in [0.3, 0.4) is 0 Å². The lowest BCUT2D eigenvalue weighted by Gasteiger charge is -2.18. The van der Waals surface area contributed by atoms with Gasteiger partial charge in [0, 0.05) is 6.42 Å². The molecule has 0 fully saturated rings. The molecular weight excluding hydrogens is 201 g/mol. The molecule has 0 bridgehead atoms. The number of hydrogen-bond acceptors (Lipinski definition) is 1. The smallest absolute Gasteiger partial charge is 0.388 e. The summed E-state index contributed by atoms with van der Waals surface area (Å²) in [6.45, 7) is 3.87. The van der Waals surface area contributed by atoms with Gasteiger partial charge >= 0.3 is 6.18 Å². The third kappa shape index (κ3) is 5.79. The molecule has 6 heteroatoms. The Bertz CT molecular complexity index is 126. The molecule has 0 rings (SSSR count). The summed E-state index contributed by atoms with van der Waals surface area (Å²) in [4.78, 5) is 0. The molecule has 12 heavy (non-hydrogen) atoms. The van der Waals surface area contributed by atoms with E-state index in [1.165, 1.54) is 0 Å². The number of alkyl halides is 3. The van der Waals surface area contributed by atoms with Gasteiger partial charge in [0.05, 0.1) is 0 Å². The molecule has 0 N–H and O–H groups in total. The van der Waals surface area contributed by atoms with Crippen molar-refractivity contribution in [2.75, 3.05) is 0 Å². The molecule has 0 aromatic rings. The average molecular weight is 216 g/mol. The van der Waals surface area contributed by atoms with Gasteiger partial charge in [-0.1, -0.05) is 13.8 Å². The van der Waals surface area contributed by atoms with Crippen LogP contribution in [0.25, 0.3) is 0 Å².